The van der Waals surface area contributed by atoms with E-state index in [2.05, 4.69) is 30.8 Å². The van der Waals surface area contributed by atoms with Gasteiger partial charge in [-0.2, -0.15) is 5.10 Å². The highest BCUT2D eigenvalue weighted by atomic mass is 79.9. The van der Waals surface area contributed by atoms with E-state index >= 15 is 0 Å². The monoisotopic (exact) mass is 329 g/mol. The summed E-state index contributed by atoms with van der Waals surface area (Å²) < 4.78 is 26.7. The molecule has 2 aromatic rings. The van der Waals surface area contributed by atoms with Crippen molar-refractivity contribution in [3.8, 4) is 0 Å². The molecule has 0 saturated heterocycles. The predicted molar refractivity (Wildman–Crippen MR) is 73.2 cm³/mol. The number of para-hydroxylation sites is 1. The van der Waals surface area contributed by atoms with E-state index in [0.717, 1.165) is 5.56 Å². The third kappa shape index (κ3) is 2.73. The van der Waals surface area contributed by atoms with Gasteiger partial charge in [0.05, 0.1) is 11.9 Å². The number of nitrogens with one attached hydrogen (secondary N) is 2. The molecule has 1 heterocycles. The Morgan fingerprint density at radius 2 is 2.11 bits per heavy atom. The van der Waals surface area contributed by atoms with Crippen molar-refractivity contribution in [2.45, 2.75) is 16.6 Å². The Bertz CT molecular complexity index is 623. The van der Waals surface area contributed by atoms with E-state index in [4.69, 9.17) is 0 Å². The summed E-state index contributed by atoms with van der Waals surface area (Å²) in [6.07, 6.45) is 2.60. The Morgan fingerprint density at radius 3 is 2.72 bits per heavy atom. The van der Waals surface area contributed by atoms with E-state index in [9.17, 15) is 8.42 Å². The number of hydrogen-bond donors (Lipinski definition) is 2. The Labute approximate surface area is 114 Å². The summed E-state index contributed by atoms with van der Waals surface area (Å²) >= 11 is 3.44. The van der Waals surface area contributed by atoms with Crippen LogP contribution in [0.4, 0.5) is 5.69 Å². The van der Waals surface area contributed by atoms with Crippen LogP contribution in [0.3, 0.4) is 0 Å². The quantitative estimate of drug-likeness (QED) is 0.847. The molecule has 7 heteroatoms. The summed E-state index contributed by atoms with van der Waals surface area (Å²) in [4.78, 5) is 0.167. The number of aromatic amines is 1. The number of alkyl halides is 1. The number of anilines is 1. The van der Waals surface area contributed by atoms with Gasteiger partial charge in [0.1, 0.15) is 4.90 Å². The van der Waals surface area contributed by atoms with Crippen molar-refractivity contribution in [3.63, 3.8) is 0 Å². The molecule has 0 aliphatic heterocycles. The van der Waals surface area contributed by atoms with Crippen LogP contribution in [0.1, 0.15) is 17.3 Å². The molecule has 1 aromatic heterocycles. The molecule has 5 nitrogen and oxygen atoms in total. The molecule has 0 bridgehead atoms. The van der Waals surface area contributed by atoms with Crippen LogP contribution in [-0.2, 0) is 10.0 Å². The molecule has 1 aromatic carbocycles. The van der Waals surface area contributed by atoms with E-state index in [0.29, 0.717) is 5.69 Å². The summed E-state index contributed by atoms with van der Waals surface area (Å²) in [6, 6.07) is 7.24. The normalized spacial score (nSPS) is 13.2. The Kier molecular flexibility index (Phi) is 3.72. The minimum atomic E-state index is -3.59. The van der Waals surface area contributed by atoms with Crippen LogP contribution >= 0.6 is 15.9 Å². The maximum Gasteiger partial charge on any atom is 0.265 e. The van der Waals surface area contributed by atoms with Crippen LogP contribution in [0.15, 0.2) is 41.6 Å². The molecule has 18 heavy (non-hydrogen) atoms. The average Bonchev–Trinajstić information content (AvgIpc) is 2.83. The van der Waals surface area contributed by atoms with Gasteiger partial charge in [0, 0.05) is 11.0 Å². The zero-order chi connectivity index (χ0) is 13.2. The van der Waals surface area contributed by atoms with Gasteiger partial charge in [-0.15, -0.1) is 0 Å². The topological polar surface area (TPSA) is 74.8 Å². The lowest BCUT2D eigenvalue weighted by molar-refractivity contribution is 0.601. The number of hydrogen-bond acceptors (Lipinski definition) is 3. The lowest BCUT2D eigenvalue weighted by atomic mass is 10.1. The number of halogens is 1. The molecule has 2 N–H and O–H groups in total. The lowest BCUT2D eigenvalue weighted by Crippen LogP contribution is -2.13. The van der Waals surface area contributed by atoms with E-state index in [1.165, 1.54) is 12.4 Å². The van der Waals surface area contributed by atoms with Crippen LogP contribution in [-0.4, -0.2) is 18.6 Å². The van der Waals surface area contributed by atoms with E-state index in [-0.39, 0.29) is 9.72 Å². The summed E-state index contributed by atoms with van der Waals surface area (Å²) in [5, 5.41) is 6.11. The first-order chi connectivity index (χ1) is 8.50. The van der Waals surface area contributed by atoms with Crippen LogP contribution in [0.5, 0.6) is 0 Å². The van der Waals surface area contributed by atoms with E-state index in [1.807, 2.05) is 19.1 Å². The zero-order valence-corrected chi connectivity index (χ0v) is 12.0. The van der Waals surface area contributed by atoms with Gasteiger partial charge in [0.25, 0.3) is 10.0 Å². The fraction of sp³-hybridized carbons (Fsp3) is 0.182. The Balaban J connectivity index is 2.36. The molecule has 0 amide bonds. The second kappa shape index (κ2) is 5.11. The molecule has 0 saturated carbocycles. The number of sulfonamides is 1. The lowest BCUT2D eigenvalue weighted by Gasteiger charge is -2.13. The highest BCUT2D eigenvalue weighted by molar-refractivity contribution is 9.09. The fourth-order valence-corrected chi connectivity index (χ4v) is 2.92. The van der Waals surface area contributed by atoms with Crippen molar-refractivity contribution in [2.75, 3.05) is 4.72 Å². The summed E-state index contributed by atoms with van der Waals surface area (Å²) in [5.74, 6) is 0. The molecule has 2 rings (SSSR count). The maximum atomic E-state index is 12.1. The average molecular weight is 330 g/mol. The standard InChI is InChI=1S/C11H12BrN3O2S/c1-8(12)10-4-2-3-5-11(10)15-18(16,17)9-6-13-14-7-9/h2-8,15H,1H3,(H,13,14). The molecule has 0 radical (unpaired) electrons. The first-order valence-electron chi connectivity index (χ1n) is 5.25. The minimum Gasteiger partial charge on any atom is -0.284 e. The largest absolute Gasteiger partial charge is 0.284 e. The molecule has 0 aliphatic carbocycles. The molecule has 1 atom stereocenters. The first-order valence-corrected chi connectivity index (χ1v) is 7.65. The van der Waals surface area contributed by atoms with Gasteiger partial charge < -0.3 is 0 Å². The number of benzene rings is 1. The van der Waals surface area contributed by atoms with Crippen molar-refractivity contribution in [2.24, 2.45) is 0 Å². The third-order valence-electron chi connectivity index (χ3n) is 2.42. The first kappa shape index (κ1) is 13.1. The number of nitrogens with zero attached hydrogens (tertiary/aromatic N) is 1. The minimum absolute atomic E-state index is 0.0562. The summed E-state index contributed by atoms with van der Waals surface area (Å²) in [5.41, 5.74) is 1.44. The SMILES string of the molecule is CC(Br)c1ccccc1NS(=O)(=O)c1cn[nH]c1. The summed E-state index contributed by atoms with van der Waals surface area (Å²) in [6.45, 7) is 1.94. The smallest absolute Gasteiger partial charge is 0.265 e. The van der Waals surface area contributed by atoms with Gasteiger partial charge in [-0.1, -0.05) is 34.1 Å². The van der Waals surface area contributed by atoms with E-state index < -0.39 is 10.0 Å². The molecule has 0 fully saturated rings. The van der Waals surface area contributed by atoms with Gasteiger partial charge in [0.2, 0.25) is 0 Å². The van der Waals surface area contributed by atoms with Gasteiger partial charge >= 0.3 is 0 Å². The number of H-pyrrole nitrogens is 1. The van der Waals surface area contributed by atoms with Crippen molar-refractivity contribution in [1.82, 2.24) is 10.2 Å². The number of aromatic nitrogens is 2. The Hall–Kier alpha value is -1.34. The third-order valence-corrected chi connectivity index (χ3v) is 4.24. The fourth-order valence-electron chi connectivity index (χ4n) is 1.53. The molecule has 0 aliphatic rings. The van der Waals surface area contributed by atoms with Gasteiger partial charge in [-0.25, -0.2) is 8.42 Å². The molecule has 1 unspecified atom stereocenters. The van der Waals surface area contributed by atoms with Crippen LogP contribution in [0, 0.1) is 0 Å². The highest BCUT2D eigenvalue weighted by Gasteiger charge is 2.17. The van der Waals surface area contributed by atoms with Crippen LogP contribution < -0.4 is 4.72 Å². The van der Waals surface area contributed by atoms with Crippen LogP contribution in [0.2, 0.25) is 0 Å². The predicted octanol–water partition coefficient (Wildman–Crippen LogP) is 2.67. The molecule has 96 valence electrons. The van der Waals surface area contributed by atoms with Crippen LogP contribution in [0.25, 0.3) is 0 Å². The van der Waals surface area contributed by atoms with Crippen molar-refractivity contribution < 1.29 is 8.42 Å². The molecular formula is C11H12BrN3O2S. The van der Waals surface area contributed by atoms with Crippen molar-refractivity contribution in [1.29, 1.82) is 0 Å². The maximum absolute atomic E-state index is 12.1. The summed E-state index contributed by atoms with van der Waals surface area (Å²) in [7, 11) is -3.59. The van der Waals surface area contributed by atoms with Gasteiger partial charge in [-0.3, -0.25) is 9.82 Å². The van der Waals surface area contributed by atoms with Gasteiger partial charge in [0.15, 0.2) is 0 Å². The zero-order valence-electron chi connectivity index (χ0n) is 9.59. The highest BCUT2D eigenvalue weighted by Crippen LogP contribution is 2.29. The van der Waals surface area contributed by atoms with Crippen molar-refractivity contribution >= 4 is 31.6 Å². The number of rotatable bonds is 4. The second-order valence-corrected chi connectivity index (χ2v) is 6.80. The van der Waals surface area contributed by atoms with Crippen molar-refractivity contribution in [3.05, 3.63) is 42.2 Å². The Morgan fingerprint density at radius 1 is 1.39 bits per heavy atom. The van der Waals surface area contributed by atoms with Gasteiger partial charge in [-0.05, 0) is 18.6 Å². The van der Waals surface area contributed by atoms with E-state index in [1.54, 1.807) is 12.1 Å². The molecule has 0 spiro atoms. The molecular weight excluding hydrogens is 318 g/mol. The second-order valence-electron chi connectivity index (χ2n) is 3.74.